The molecule has 126 valence electrons. The second kappa shape index (κ2) is 6.06. The lowest BCUT2D eigenvalue weighted by Gasteiger charge is -2.18. The molecule has 2 aromatic rings. The third kappa shape index (κ3) is 2.73. The fourth-order valence-corrected chi connectivity index (χ4v) is 4.06. The highest BCUT2D eigenvalue weighted by Gasteiger charge is 2.42. The third-order valence-corrected chi connectivity index (χ3v) is 5.50. The first-order valence-corrected chi connectivity index (χ1v) is 8.67. The van der Waals surface area contributed by atoms with Gasteiger partial charge in [-0.25, -0.2) is 4.98 Å². The molecule has 1 aromatic carbocycles. The van der Waals surface area contributed by atoms with Gasteiger partial charge in [-0.1, -0.05) is 18.2 Å². The van der Waals surface area contributed by atoms with Gasteiger partial charge in [0.2, 0.25) is 11.8 Å². The summed E-state index contributed by atoms with van der Waals surface area (Å²) < 4.78 is 5.75. The molecule has 2 N–H and O–H groups in total. The Bertz CT molecular complexity index is 740. The van der Waals surface area contributed by atoms with E-state index in [0.717, 1.165) is 42.9 Å². The smallest absolute Gasteiger partial charge is 0.228 e. The maximum absolute atomic E-state index is 12.7. The first-order chi connectivity index (χ1) is 11.6. The standard InChI is InChI=1S/C19H23N3O2/c1-12-17(21-19(24-12)13-5-3-2-4-6-13)9-18(23)22-10-14-7-8-16(20)15(14)11-22/h2-6,14-16H,7-11,20H2,1H3. The Morgan fingerprint density at radius 2 is 2.08 bits per heavy atom. The van der Waals surface area contributed by atoms with E-state index in [4.69, 9.17) is 10.2 Å². The highest BCUT2D eigenvalue weighted by atomic mass is 16.4. The fraction of sp³-hybridized carbons (Fsp3) is 0.474. The molecular weight excluding hydrogens is 302 g/mol. The normalized spacial score (nSPS) is 25.9. The Morgan fingerprint density at radius 3 is 2.83 bits per heavy atom. The van der Waals surface area contributed by atoms with E-state index in [1.165, 1.54) is 0 Å². The minimum Gasteiger partial charge on any atom is -0.441 e. The maximum Gasteiger partial charge on any atom is 0.228 e. The Hall–Kier alpha value is -2.14. The lowest BCUT2D eigenvalue weighted by atomic mass is 9.98. The molecule has 4 rings (SSSR count). The zero-order valence-corrected chi connectivity index (χ0v) is 13.9. The number of aryl methyl sites for hydroxylation is 1. The van der Waals surface area contributed by atoms with Crippen molar-refractivity contribution in [1.82, 2.24) is 9.88 Å². The number of hydrogen-bond acceptors (Lipinski definition) is 4. The lowest BCUT2D eigenvalue weighted by Crippen LogP contribution is -2.34. The summed E-state index contributed by atoms with van der Waals surface area (Å²) in [5, 5.41) is 0. The van der Waals surface area contributed by atoms with E-state index in [1.54, 1.807) is 0 Å². The van der Waals surface area contributed by atoms with Gasteiger partial charge >= 0.3 is 0 Å². The van der Waals surface area contributed by atoms with Crippen LogP contribution in [0.5, 0.6) is 0 Å². The van der Waals surface area contributed by atoms with E-state index in [0.29, 0.717) is 24.1 Å². The van der Waals surface area contributed by atoms with Crippen molar-refractivity contribution in [3.63, 3.8) is 0 Å². The van der Waals surface area contributed by atoms with Crippen LogP contribution in [0.25, 0.3) is 11.5 Å². The van der Waals surface area contributed by atoms with Crippen LogP contribution in [-0.4, -0.2) is 34.9 Å². The number of rotatable bonds is 3. The van der Waals surface area contributed by atoms with Crippen molar-refractivity contribution in [2.75, 3.05) is 13.1 Å². The zero-order chi connectivity index (χ0) is 16.7. The molecular formula is C19H23N3O2. The summed E-state index contributed by atoms with van der Waals surface area (Å²) >= 11 is 0. The first kappa shape index (κ1) is 15.4. The molecule has 3 atom stereocenters. The summed E-state index contributed by atoms with van der Waals surface area (Å²) in [5.74, 6) is 2.50. The molecule has 1 saturated carbocycles. The summed E-state index contributed by atoms with van der Waals surface area (Å²) in [6, 6.07) is 10.0. The number of aromatic nitrogens is 1. The molecule has 5 heteroatoms. The number of carbonyl (C=O) groups excluding carboxylic acids is 1. The van der Waals surface area contributed by atoms with Crippen molar-refractivity contribution in [3.05, 3.63) is 41.8 Å². The molecule has 1 aromatic heterocycles. The number of likely N-dealkylation sites (tertiary alicyclic amines) is 1. The highest BCUT2D eigenvalue weighted by Crippen LogP contribution is 2.37. The topological polar surface area (TPSA) is 72.4 Å². The molecule has 5 nitrogen and oxygen atoms in total. The van der Waals surface area contributed by atoms with Gasteiger partial charge in [0.15, 0.2) is 0 Å². The predicted octanol–water partition coefficient (Wildman–Crippen LogP) is 2.39. The van der Waals surface area contributed by atoms with Gasteiger partial charge in [0.1, 0.15) is 5.76 Å². The SMILES string of the molecule is Cc1oc(-c2ccccc2)nc1CC(=O)N1CC2CCC(N)C2C1. The molecule has 2 heterocycles. The Labute approximate surface area is 141 Å². The van der Waals surface area contributed by atoms with Crippen LogP contribution in [0.3, 0.4) is 0 Å². The minimum absolute atomic E-state index is 0.132. The van der Waals surface area contributed by atoms with Crippen molar-refractivity contribution in [2.24, 2.45) is 17.6 Å². The number of carbonyl (C=O) groups is 1. The van der Waals surface area contributed by atoms with Gasteiger partial charge < -0.3 is 15.1 Å². The number of nitrogens with two attached hydrogens (primary N) is 1. The van der Waals surface area contributed by atoms with Crippen LogP contribution in [0.2, 0.25) is 0 Å². The van der Waals surface area contributed by atoms with Crippen LogP contribution in [0, 0.1) is 18.8 Å². The van der Waals surface area contributed by atoms with Crippen LogP contribution in [0.1, 0.15) is 24.3 Å². The summed E-state index contributed by atoms with van der Waals surface area (Å²) in [6.07, 6.45) is 2.55. The fourth-order valence-electron chi connectivity index (χ4n) is 4.06. The summed E-state index contributed by atoms with van der Waals surface area (Å²) in [4.78, 5) is 19.2. The molecule has 3 unspecified atom stereocenters. The number of amides is 1. The number of benzene rings is 1. The van der Waals surface area contributed by atoms with Crippen molar-refractivity contribution in [2.45, 2.75) is 32.2 Å². The van der Waals surface area contributed by atoms with E-state index >= 15 is 0 Å². The minimum atomic E-state index is 0.132. The van der Waals surface area contributed by atoms with E-state index in [2.05, 4.69) is 4.98 Å². The lowest BCUT2D eigenvalue weighted by molar-refractivity contribution is -0.129. The molecule has 1 saturated heterocycles. The average Bonchev–Trinajstić information content (AvgIpc) is 3.26. The van der Waals surface area contributed by atoms with Crippen molar-refractivity contribution in [3.8, 4) is 11.5 Å². The number of oxazole rings is 1. The monoisotopic (exact) mass is 325 g/mol. The Kier molecular flexibility index (Phi) is 3.88. The summed E-state index contributed by atoms with van der Waals surface area (Å²) in [7, 11) is 0. The molecule has 2 fully saturated rings. The van der Waals surface area contributed by atoms with E-state index in [-0.39, 0.29) is 11.9 Å². The van der Waals surface area contributed by atoms with Crippen LogP contribution >= 0.6 is 0 Å². The number of nitrogens with zero attached hydrogens (tertiary/aromatic N) is 2. The largest absolute Gasteiger partial charge is 0.441 e. The molecule has 24 heavy (non-hydrogen) atoms. The molecule has 0 spiro atoms. The van der Waals surface area contributed by atoms with Crippen molar-refractivity contribution >= 4 is 5.91 Å². The van der Waals surface area contributed by atoms with Crippen molar-refractivity contribution < 1.29 is 9.21 Å². The van der Waals surface area contributed by atoms with Crippen LogP contribution in [0.4, 0.5) is 0 Å². The van der Waals surface area contributed by atoms with Gasteiger partial charge in [-0.15, -0.1) is 0 Å². The predicted molar refractivity (Wildman–Crippen MR) is 91.1 cm³/mol. The molecule has 0 bridgehead atoms. The molecule has 1 aliphatic carbocycles. The van der Waals surface area contributed by atoms with Gasteiger partial charge in [-0.3, -0.25) is 4.79 Å². The average molecular weight is 325 g/mol. The zero-order valence-electron chi connectivity index (χ0n) is 13.9. The van der Waals surface area contributed by atoms with Gasteiger partial charge in [0, 0.05) is 24.7 Å². The second-order valence-electron chi connectivity index (χ2n) is 7.03. The van der Waals surface area contributed by atoms with Gasteiger partial charge in [0.25, 0.3) is 0 Å². The van der Waals surface area contributed by atoms with Gasteiger partial charge in [-0.2, -0.15) is 0 Å². The Balaban J connectivity index is 1.46. The van der Waals surface area contributed by atoms with E-state index < -0.39 is 0 Å². The van der Waals surface area contributed by atoms with Gasteiger partial charge in [-0.05, 0) is 43.7 Å². The highest BCUT2D eigenvalue weighted by molar-refractivity contribution is 5.79. The van der Waals surface area contributed by atoms with Gasteiger partial charge in [0.05, 0.1) is 12.1 Å². The molecule has 1 aliphatic heterocycles. The van der Waals surface area contributed by atoms with Crippen LogP contribution in [-0.2, 0) is 11.2 Å². The summed E-state index contributed by atoms with van der Waals surface area (Å²) in [5.41, 5.74) is 7.83. The second-order valence-corrected chi connectivity index (χ2v) is 7.03. The first-order valence-electron chi connectivity index (χ1n) is 8.67. The van der Waals surface area contributed by atoms with Crippen LogP contribution < -0.4 is 5.73 Å². The number of hydrogen-bond donors (Lipinski definition) is 1. The quantitative estimate of drug-likeness (QED) is 0.940. The molecule has 1 amide bonds. The molecule has 0 radical (unpaired) electrons. The third-order valence-electron chi connectivity index (χ3n) is 5.50. The van der Waals surface area contributed by atoms with Crippen LogP contribution in [0.15, 0.2) is 34.7 Å². The summed E-state index contributed by atoms with van der Waals surface area (Å²) in [6.45, 7) is 3.52. The van der Waals surface area contributed by atoms with E-state index in [1.807, 2.05) is 42.2 Å². The molecule has 2 aliphatic rings. The van der Waals surface area contributed by atoms with Crippen molar-refractivity contribution in [1.29, 1.82) is 0 Å². The number of fused-ring (bicyclic) bond motifs is 1. The maximum atomic E-state index is 12.7. The Morgan fingerprint density at radius 1 is 1.29 bits per heavy atom. The van der Waals surface area contributed by atoms with E-state index in [9.17, 15) is 4.79 Å².